The second kappa shape index (κ2) is 8.01. The summed E-state index contributed by atoms with van der Waals surface area (Å²) in [5.41, 5.74) is 1.06. The van der Waals surface area contributed by atoms with E-state index in [1.807, 2.05) is 18.2 Å². The zero-order valence-corrected chi connectivity index (χ0v) is 18.9. The maximum Gasteiger partial charge on any atom is 0.247 e. The van der Waals surface area contributed by atoms with E-state index < -0.39 is 17.6 Å². The number of anilines is 4. The van der Waals surface area contributed by atoms with E-state index in [1.165, 1.54) is 18.3 Å². The Bertz CT molecular complexity index is 1390. The van der Waals surface area contributed by atoms with Gasteiger partial charge < -0.3 is 20.6 Å². The van der Waals surface area contributed by atoms with Crippen molar-refractivity contribution < 1.29 is 14.3 Å². The van der Waals surface area contributed by atoms with Gasteiger partial charge in [-0.25, -0.2) is 9.50 Å². The van der Waals surface area contributed by atoms with Gasteiger partial charge in [-0.2, -0.15) is 14.5 Å². The number of hydrogen-bond donors (Lipinski definition) is 4. The maximum atomic E-state index is 13.2. The van der Waals surface area contributed by atoms with E-state index in [9.17, 15) is 14.3 Å². The van der Waals surface area contributed by atoms with E-state index in [4.69, 9.17) is 4.98 Å². The monoisotopic (exact) mass is 477 g/mol. The molecule has 12 heteroatoms. The molecule has 1 aliphatic heterocycles. The third kappa shape index (κ3) is 4.28. The fourth-order valence-electron chi connectivity index (χ4n) is 4.45. The van der Waals surface area contributed by atoms with Gasteiger partial charge in [-0.3, -0.25) is 9.89 Å². The molecule has 4 N–H and O–H groups in total. The number of aromatic nitrogens is 6. The van der Waals surface area contributed by atoms with Crippen molar-refractivity contribution in [3.05, 3.63) is 54.4 Å². The summed E-state index contributed by atoms with van der Waals surface area (Å²) in [7, 11) is 0. The van der Waals surface area contributed by atoms with Gasteiger partial charge in [0.15, 0.2) is 11.6 Å². The molecule has 0 aromatic carbocycles. The average Bonchev–Trinajstić information content (AvgIpc) is 3.22. The molecule has 2 atom stereocenters. The smallest absolute Gasteiger partial charge is 0.247 e. The topological polar surface area (TPSA) is 136 Å². The maximum absolute atomic E-state index is 13.2. The van der Waals surface area contributed by atoms with E-state index in [-0.39, 0.29) is 24.8 Å². The molecular weight excluding hydrogens is 453 g/mol. The van der Waals surface area contributed by atoms with Gasteiger partial charge in [0.2, 0.25) is 17.8 Å². The summed E-state index contributed by atoms with van der Waals surface area (Å²) < 4.78 is 14.8. The largest absolute Gasteiger partial charge is 0.388 e. The number of aliphatic hydroxyl groups is 1. The Hall–Kier alpha value is -4.06. The number of carbonyl (C=O) groups is 1. The van der Waals surface area contributed by atoms with Crippen LogP contribution < -0.4 is 15.5 Å². The summed E-state index contributed by atoms with van der Waals surface area (Å²) in [5, 5.41) is 28.8. The molecule has 1 saturated carbocycles. The number of fused-ring (bicyclic) bond motifs is 1. The molecule has 2 aliphatic rings. The van der Waals surface area contributed by atoms with Crippen molar-refractivity contribution in [1.29, 1.82) is 0 Å². The summed E-state index contributed by atoms with van der Waals surface area (Å²) in [4.78, 5) is 23.1. The first kappa shape index (κ1) is 21.5. The SMILES string of the molecule is C[C@]1(O)C[C@@H](C(=O)Nc2ccc(F)nc2)N(c2nc(Nc3cc(C4CC4)[nH]n3)c3cccn3n2)C1. The minimum Gasteiger partial charge on any atom is -0.388 e. The fraction of sp³-hybridized carbons (Fsp3) is 0.348. The quantitative estimate of drug-likeness (QED) is 0.311. The lowest BCUT2D eigenvalue weighted by Gasteiger charge is -2.24. The van der Waals surface area contributed by atoms with Crippen LogP contribution in [0.1, 0.15) is 37.8 Å². The van der Waals surface area contributed by atoms with Gasteiger partial charge in [-0.15, -0.1) is 5.10 Å². The molecule has 11 nitrogen and oxygen atoms in total. The van der Waals surface area contributed by atoms with Crippen LogP contribution in [-0.2, 0) is 4.79 Å². The number of hydrogen-bond acceptors (Lipinski definition) is 8. The Kier molecular flexibility index (Phi) is 4.92. The number of halogens is 1. The molecule has 0 radical (unpaired) electrons. The molecule has 0 spiro atoms. The van der Waals surface area contributed by atoms with Gasteiger partial charge in [0.25, 0.3) is 0 Å². The second-order valence-electron chi connectivity index (χ2n) is 9.41. The molecule has 2 fully saturated rings. The van der Waals surface area contributed by atoms with Gasteiger partial charge in [0.1, 0.15) is 11.6 Å². The summed E-state index contributed by atoms with van der Waals surface area (Å²) in [6, 6.07) is 7.57. The summed E-state index contributed by atoms with van der Waals surface area (Å²) >= 11 is 0. The number of rotatable bonds is 6. The highest BCUT2D eigenvalue weighted by atomic mass is 19.1. The van der Waals surface area contributed by atoms with Crippen molar-refractivity contribution in [3.8, 4) is 0 Å². The van der Waals surface area contributed by atoms with Crippen LogP contribution >= 0.6 is 0 Å². The molecule has 5 heterocycles. The van der Waals surface area contributed by atoms with Crippen molar-refractivity contribution in [1.82, 2.24) is 29.8 Å². The van der Waals surface area contributed by atoms with Crippen LogP contribution in [0.15, 0.2) is 42.7 Å². The van der Waals surface area contributed by atoms with Crippen LogP contribution in [0.2, 0.25) is 0 Å². The molecule has 1 aliphatic carbocycles. The number of H-pyrrole nitrogens is 1. The van der Waals surface area contributed by atoms with E-state index in [1.54, 1.807) is 22.5 Å². The van der Waals surface area contributed by atoms with Crippen molar-refractivity contribution in [2.75, 3.05) is 22.1 Å². The van der Waals surface area contributed by atoms with Crippen molar-refractivity contribution in [2.45, 2.75) is 43.7 Å². The predicted molar refractivity (Wildman–Crippen MR) is 126 cm³/mol. The van der Waals surface area contributed by atoms with Crippen molar-refractivity contribution in [2.24, 2.45) is 0 Å². The highest BCUT2D eigenvalue weighted by Gasteiger charge is 2.44. The first-order chi connectivity index (χ1) is 16.8. The molecule has 4 aromatic heterocycles. The van der Waals surface area contributed by atoms with Crippen LogP contribution in [0.4, 0.5) is 27.7 Å². The number of nitrogens with zero attached hydrogens (tertiary/aromatic N) is 6. The third-order valence-electron chi connectivity index (χ3n) is 6.32. The number of carbonyl (C=O) groups excluding carboxylic acids is 1. The first-order valence-electron chi connectivity index (χ1n) is 11.4. The minimum absolute atomic E-state index is 0.160. The summed E-state index contributed by atoms with van der Waals surface area (Å²) in [6.45, 7) is 1.83. The van der Waals surface area contributed by atoms with E-state index in [0.717, 1.165) is 24.1 Å². The second-order valence-corrected chi connectivity index (χ2v) is 9.41. The highest BCUT2D eigenvalue weighted by molar-refractivity contribution is 5.97. The van der Waals surface area contributed by atoms with E-state index >= 15 is 0 Å². The lowest BCUT2D eigenvalue weighted by atomic mass is 10.0. The molecule has 35 heavy (non-hydrogen) atoms. The molecule has 1 saturated heterocycles. The zero-order chi connectivity index (χ0) is 24.2. The standard InChI is InChI=1S/C23H24FN9O2/c1-23(35)10-17(21(34)26-14-6-7-18(24)25-11-14)32(12-23)22-28-20(16-3-2-8-33(16)31-22)27-19-9-15(29-30-19)13-4-5-13/h2-3,6-9,11,13,17,35H,4-5,10,12H2,1H3,(H,26,34)(H2,27,28,29,30,31)/t17-,23-/m0/s1. The molecule has 4 aromatic rings. The lowest BCUT2D eigenvalue weighted by Crippen LogP contribution is -2.41. The first-order valence-corrected chi connectivity index (χ1v) is 11.4. The van der Waals surface area contributed by atoms with Gasteiger partial charge in [-0.05, 0) is 44.0 Å². The minimum atomic E-state index is -1.13. The molecule has 0 unspecified atom stereocenters. The van der Waals surface area contributed by atoms with E-state index in [0.29, 0.717) is 23.2 Å². The Morgan fingerprint density at radius 3 is 2.94 bits per heavy atom. The van der Waals surface area contributed by atoms with Gasteiger partial charge in [-0.1, -0.05) is 0 Å². The third-order valence-corrected chi connectivity index (χ3v) is 6.32. The number of nitrogens with one attached hydrogen (secondary N) is 3. The fourth-order valence-corrected chi connectivity index (χ4v) is 4.45. The van der Waals surface area contributed by atoms with Crippen LogP contribution in [0, 0.1) is 5.95 Å². The molecular formula is C23H24FN9O2. The molecule has 180 valence electrons. The number of β-amino-alcohol motifs (C(OH)–C–C–N with tert-alkyl or cyclic N) is 1. The number of aromatic amines is 1. The summed E-state index contributed by atoms with van der Waals surface area (Å²) in [5.74, 6) is 0.985. The Morgan fingerprint density at radius 2 is 2.17 bits per heavy atom. The molecule has 1 amide bonds. The van der Waals surface area contributed by atoms with Gasteiger partial charge >= 0.3 is 0 Å². The molecule has 6 rings (SSSR count). The highest BCUT2D eigenvalue weighted by Crippen LogP contribution is 2.40. The normalized spacial score (nSPS) is 22.0. The van der Waals surface area contributed by atoms with Crippen LogP contribution in [0.5, 0.6) is 0 Å². The summed E-state index contributed by atoms with van der Waals surface area (Å²) in [6.07, 6.45) is 5.53. The molecule has 0 bridgehead atoms. The Morgan fingerprint density at radius 1 is 1.31 bits per heavy atom. The van der Waals surface area contributed by atoms with Crippen molar-refractivity contribution in [3.63, 3.8) is 0 Å². The van der Waals surface area contributed by atoms with Crippen LogP contribution in [-0.4, -0.2) is 59.0 Å². The van der Waals surface area contributed by atoms with Gasteiger partial charge in [0, 0.05) is 30.3 Å². The van der Waals surface area contributed by atoms with E-state index in [2.05, 4.69) is 30.9 Å². The van der Waals surface area contributed by atoms with Gasteiger partial charge in [0.05, 0.1) is 24.0 Å². The van der Waals surface area contributed by atoms with Crippen LogP contribution in [0.3, 0.4) is 0 Å². The van der Waals surface area contributed by atoms with Crippen LogP contribution in [0.25, 0.3) is 5.52 Å². The van der Waals surface area contributed by atoms with Crippen molar-refractivity contribution >= 4 is 34.7 Å². The predicted octanol–water partition coefficient (Wildman–Crippen LogP) is 2.58. The lowest BCUT2D eigenvalue weighted by molar-refractivity contribution is -0.117. The number of amides is 1. The zero-order valence-electron chi connectivity index (χ0n) is 18.9. The number of pyridine rings is 1. The Balaban J connectivity index is 1.31. The Labute approximate surface area is 199 Å². The average molecular weight is 478 g/mol.